The number of benzene rings is 2. The number of ether oxygens (including phenoxy) is 1. The normalized spacial score (nSPS) is 21.1. The first-order chi connectivity index (χ1) is 16.2. The molecule has 0 spiro atoms. The van der Waals surface area contributed by atoms with Crippen molar-refractivity contribution in [3.63, 3.8) is 0 Å². The maximum absolute atomic E-state index is 12.1. The van der Waals surface area contributed by atoms with Gasteiger partial charge < -0.3 is 15.8 Å². The maximum Gasteiger partial charge on any atom is 0.272 e. The monoisotopic (exact) mass is 506 g/mol. The lowest BCUT2D eigenvalue weighted by Gasteiger charge is -2.50. The molecule has 1 saturated carbocycles. The molecule has 0 bridgehead atoms. The summed E-state index contributed by atoms with van der Waals surface area (Å²) in [6, 6.07) is 13.6. The van der Waals surface area contributed by atoms with Crippen LogP contribution in [0.1, 0.15) is 61.8 Å². The van der Waals surface area contributed by atoms with Crippen LogP contribution in [0.4, 0.5) is 0 Å². The van der Waals surface area contributed by atoms with Crippen LogP contribution in [0, 0.1) is 0 Å². The Morgan fingerprint density at radius 2 is 1.97 bits per heavy atom. The molecule has 4 rings (SSSR count). The summed E-state index contributed by atoms with van der Waals surface area (Å²) in [6.45, 7) is 2.61. The van der Waals surface area contributed by atoms with Gasteiger partial charge in [-0.3, -0.25) is 9.35 Å². The number of fused-ring (bicyclic) bond motifs is 1. The summed E-state index contributed by atoms with van der Waals surface area (Å²) in [5, 5.41) is 2.96. The number of hydrogen-bond acceptors (Lipinski definition) is 5. The molecule has 184 valence electrons. The first-order valence-corrected chi connectivity index (χ1v) is 13.6. The quantitative estimate of drug-likeness (QED) is 0.443. The molecule has 3 unspecified atom stereocenters. The van der Waals surface area contributed by atoms with Gasteiger partial charge >= 0.3 is 0 Å². The van der Waals surface area contributed by atoms with E-state index in [0.29, 0.717) is 17.2 Å². The number of carbonyl (C=O) groups excluding carboxylic acids is 1. The molecule has 2 aromatic rings. The molecule has 4 N–H and O–H groups in total. The van der Waals surface area contributed by atoms with E-state index in [1.54, 1.807) is 13.0 Å². The lowest BCUT2D eigenvalue weighted by atomic mass is 9.58. The molecule has 1 aliphatic heterocycles. The van der Waals surface area contributed by atoms with Gasteiger partial charge in [-0.2, -0.15) is 8.42 Å². The summed E-state index contributed by atoms with van der Waals surface area (Å²) >= 11 is 6.13. The van der Waals surface area contributed by atoms with Crippen LogP contribution in [0.15, 0.2) is 42.5 Å². The Morgan fingerprint density at radius 1 is 1.26 bits per heavy atom. The third-order valence-electron chi connectivity index (χ3n) is 7.23. The molecular weight excluding hydrogens is 476 g/mol. The van der Waals surface area contributed by atoms with Crippen LogP contribution in [-0.4, -0.2) is 36.8 Å². The number of nitrogens with one attached hydrogen (secondary N) is 1. The van der Waals surface area contributed by atoms with Gasteiger partial charge in [-0.15, -0.1) is 0 Å². The standard InChI is InChI=1S/C25H31ClN2O5S/c1-2-4-21(34(30,31)32)22(24(27)29)33-19-10-5-16-11-14-28-23(20(16)15-19)25(12-3-13-25)17-6-8-18(26)9-7-17/h5-10,15,21-23,28H,2-4,11-14H2,1H3,(H2,27,29)(H,30,31,32). The Labute approximate surface area is 205 Å². The molecular formula is C25H31ClN2O5S. The zero-order valence-corrected chi connectivity index (χ0v) is 20.7. The third kappa shape index (κ3) is 4.82. The smallest absolute Gasteiger partial charge is 0.272 e. The van der Waals surface area contributed by atoms with E-state index < -0.39 is 27.4 Å². The molecule has 34 heavy (non-hydrogen) atoms. The topological polar surface area (TPSA) is 119 Å². The molecule has 0 saturated heterocycles. The molecule has 7 nitrogen and oxygen atoms in total. The van der Waals surface area contributed by atoms with E-state index in [4.69, 9.17) is 22.1 Å². The largest absolute Gasteiger partial charge is 0.479 e. The third-order valence-corrected chi connectivity index (χ3v) is 8.73. The first-order valence-electron chi connectivity index (χ1n) is 11.7. The number of rotatable bonds is 9. The van der Waals surface area contributed by atoms with Crippen molar-refractivity contribution in [3.8, 4) is 5.75 Å². The van der Waals surface area contributed by atoms with Gasteiger partial charge in [0.15, 0.2) is 6.10 Å². The Hall–Kier alpha value is -2.13. The van der Waals surface area contributed by atoms with Crippen molar-refractivity contribution in [1.82, 2.24) is 5.32 Å². The highest BCUT2D eigenvalue weighted by Crippen LogP contribution is 2.53. The molecule has 0 radical (unpaired) electrons. The summed E-state index contributed by atoms with van der Waals surface area (Å²) in [7, 11) is -4.53. The zero-order valence-electron chi connectivity index (χ0n) is 19.2. The van der Waals surface area contributed by atoms with Crippen LogP contribution in [0.2, 0.25) is 5.02 Å². The van der Waals surface area contributed by atoms with E-state index in [2.05, 4.69) is 17.4 Å². The van der Waals surface area contributed by atoms with Gasteiger partial charge in [-0.25, -0.2) is 0 Å². The minimum absolute atomic E-state index is 0.0368. The summed E-state index contributed by atoms with van der Waals surface area (Å²) in [5.41, 5.74) is 8.90. The van der Waals surface area contributed by atoms with E-state index in [1.807, 2.05) is 24.3 Å². The fraction of sp³-hybridized carbons (Fsp3) is 0.480. The Balaban J connectivity index is 1.69. The number of nitrogens with two attached hydrogens (primary N) is 1. The Bertz CT molecular complexity index is 1150. The maximum atomic E-state index is 12.1. The van der Waals surface area contributed by atoms with Gasteiger partial charge in [-0.05, 0) is 73.2 Å². The van der Waals surface area contributed by atoms with E-state index in [-0.39, 0.29) is 17.9 Å². The van der Waals surface area contributed by atoms with Gasteiger partial charge in [0.1, 0.15) is 11.0 Å². The fourth-order valence-corrected chi connectivity index (χ4v) is 6.55. The Morgan fingerprint density at radius 3 is 2.53 bits per heavy atom. The van der Waals surface area contributed by atoms with E-state index in [1.165, 1.54) is 11.1 Å². The van der Waals surface area contributed by atoms with Crippen LogP contribution in [0.25, 0.3) is 0 Å². The average Bonchev–Trinajstić information content (AvgIpc) is 2.76. The first kappa shape index (κ1) is 25.0. The van der Waals surface area contributed by atoms with Crippen LogP contribution < -0.4 is 15.8 Å². The molecule has 0 aromatic heterocycles. The van der Waals surface area contributed by atoms with Gasteiger partial charge in [0.2, 0.25) is 0 Å². The molecule has 2 aliphatic rings. The minimum atomic E-state index is -4.53. The lowest BCUT2D eigenvalue weighted by molar-refractivity contribution is -0.124. The molecule has 1 aliphatic carbocycles. The molecule has 9 heteroatoms. The second-order valence-electron chi connectivity index (χ2n) is 9.30. The van der Waals surface area contributed by atoms with E-state index in [0.717, 1.165) is 37.8 Å². The number of halogens is 1. The lowest BCUT2D eigenvalue weighted by Crippen LogP contribution is -2.49. The molecule has 1 fully saturated rings. The second kappa shape index (κ2) is 9.85. The summed E-state index contributed by atoms with van der Waals surface area (Å²) in [6.07, 6.45) is 3.05. The SMILES string of the molecule is CCCC(C(Oc1ccc2c(c1)C(C1(c3ccc(Cl)cc3)CCC1)NCC2)C(N)=O)S(=O)(=O)O. The molecule has 2 aromatic carbocycles. The molecule has 1 heterocycles. The highest BCUT2D eigenvalue weighted by atomic mass is 35.5. The number of primary amides is 1. The van der Waals surface area contributed by atoms with Crippen molar-refractivity contribution in [2.75, 3.05) is 6.54 Å². The van der Waals surface area contributed by atoms with Crippen molar-refractivity contribution in [3.05, 3.63) is 64.2 Å². The second-order valence-corrected chi connectivity index (χ2v) is 11.4. The number of amides is 1. The van der Waals surface area contributed by atoms with E-state index in [9.17, 15) is 17.8 Å². The van der Waals surface area contributed by atoms with Crippen LogP contribution in [0.3, 0.4) is 0 Å². The summed E-state index contributed by atoms with van der Waals surface area (Å²) in [4.78, 5) is 12.1. The Kier molecular flexibility index (Phi) is 7.24. The number of hydrogen-bond donors (Lipinski definition) is 3. The van der Waals surface area contributed by atoms with Crippen LogP contribution in [-0.2, 0) is 26.7 Å². The predicted octanol–water partition coefficient (Wildman–Crippen LogP) is 3.94. The van der Waals surface area contributed by atoms with Crippen molar-refractivity contribution in [2.24, 2.45) is 5.73 Å². The fourth-order valence-electron chi connectivity index (χ4n) is 5.39. The minimum Gasteiger partial charge on any atom is -0.479 e. The van der Waals surface area contributed by atoms with Gasteiger partial charge in [-0.1, -0.05) is 49.6 Å². The average molecular weight is 507 g/mol. The highest BCUT2D eigenvalue weighted by molar-refractivity contribution is 7.86. The van der Waals surface area contributed by atoms with Crippen LogP contribution >= 0.6 is 11.6 Å². The van der Waals surface area contributed by atoms with Crippen molar-refractivity contribution in [2.45, 2.75) is 68.3 Å². The van der Waals surface area contributed by atoms with Crippen molar-refractivity contribution < 1.29 is 22.5 Å². The van der Waals surface area contributed by atoms with Crippen molar-refractivity contribution in [1.29, 1.82) is 0 Å². The van der Waals surface area contributed by atoms with Crippen LogP contribution in [0.5, 0.6) is 5.75 Å². The van der Waals surface area contributed by atoms with Crippen molar-refractivity contribution >= 4 is 27.6 Å². The van der Waals surface area contributed by atoms with E-state index >= 15 is 0 Å². The molecule has 3 atom stereocenters. The summed E-state index contributed by atoms with van der Waals surface area (Å²) in [5.74, 6) is -0.577. The number of carbonyl (C=O) groups is 1. The molecule has 1 amide bonds. The summed E-state index contributed by atoms with van der Waals surface area (Å²) < 4.78 is 39.5. The van der Waals surface area contributed by atoms with Gasteiger partial charge in [0.25, 0.3) is 16.0 Å². The highest BCUT2D eigenvalue weighted by Gasteiger charge is 2.47. The van der Waals surface area contributed by atoms with Gasteiger partial charge in [0.05, 0.1) is 0 Å². The predicted molar refractivity (Wildman–Crippen MR) is 132 cm³/mol. The zero-order chi connectivity index (χ0) is 24.5. The van der Waals surface area contributed by atoms with Gasteiger partial charge in [0, 0.05) is 16.5 Å².